The van der Waals surface area contributed by atoms with Crippen LogP contribution >= 0.6 is 0 Å². The minimum atomic E-state index is -4.64. The van der Waals surface area contributed by atoms with Gasteiger partial charge in [-0.1, -0.05) is 12.8 Å². The van der Waals surface area contributed by atoms with Gasteiger partial charge in [0.25, 0.3) is 0 Å². The van der Waals surface area contributed by atoms with Crippen LogP contribution in [0, 0.1) is 23.5 Å². The van der Waals surface area contributed by atoms with Gasteiger partial charge in [-0.2, -0.15) is 13.2 Å². The predicted octanol–water partition coefficient (Wildman–Crippen LogP) is 9.67. The van der Waals surface area contributed by atoms with Crippen molar-refractivity contribution in [2.75, 3.05) is 23.4 Å². The molecule has 368 valence electrons. The maximum Gasteiger partial charge on any atom is 0.446 e. The van der Waals surface area contributed by atoms with Gasteiger partial charge in [0.05, 0.1) is 43.8 Å². The highest BCUT2D eigenvalue weighted by Crippen LogP contribution is 2.54. The Bertz CT molecular complexity index is 2120. The molecule has 0 radical (unpaired) electrons. The van der Waals surface area contributed by atoms with Gasteiger partial charge in [-0.15, -0.1) is 0 Å². The Kier molecular flexibility index (Phi) is 16.6. The van der Waals surface area contributed by atoms with E-state index in [0.717, 1.165) is 75.5 Å². The van der Waals surface area contributed by atoms with Gasteiger partial charge in [0, 0.05) is 65.7 Å². The van der Waals surface area contributed by atoms with Gasteiger partial charge >= 0.3 is 24.2 Å². The molecule has 2 aromatic carbocycles. The van der Waals surface area contributed by atoms with Gasteiger partial charge < -0.3 is 29.3 Å². The number of hydrogen-bond acceptors (Lipinski definition) is 10. The number of hydrogen-bond donors (Lipinski definition) is 1. The number of fused-ring (bicyclic) bond motifs is 4. The van der Waals surface area contributed by atoms with Crippen molar-refractivity contribution in [2.24, 2.45) is 11.8 Å². The van der Waals surface area contributed by atoms with E-state index < -0.39 is 35.9 Å². The summed E-state index contributed by atoms with van der Waals surface area (Å²) in [6.07, 6.45) is 3.71. The van der Waals surface area contributed by atoms with Crippen molar-refractivity contribution in [1.29, 1.82) is 0 Å². The summed E-state index contributed by atoms with van der Waals surface area (Å²) in [6, 6.07) is 9.33. The zero-order chi connectivity index (χ0) is 48.8. The lowest BCUT2D eigenvalue weighted by atomic mass is 9.81. The number of nitrogens with one attached hydrogen (secondary N) is 1. The van der Waals surface area contributed by atoms with Gasteiger partial charge in [-0.25, -0.2) is 13.6 Å². The molecule has 2 heterocycles. The molecule has 0 spiro atoms. The number of carbonyl (C=O) groups excluding carboxylic acids is 6. The molecule has 0 unspecified atom stereocenters. The summed E-state index contributed by atoms with van der Waals surface area (Å²) in [4.78, 5) is 77.7. The topological polar surface area (TPSA) is 152 Å². The molecule has 2 aliphatic heterocycles. The first kappa shape index (κ1) is 51.1. The third kappa shape index (κ3) is 13.0. The number of esters is 2. The molecule has 8 rings (SSSR count). The van der Waals surface area contributed by atoms with E-state index >= 15 is 0 Å². The van der Waals surface area contributed by atoms with Gasteiger partial charge in [0.1, 0.15) is 17.2 Å². The van der Waals surface area contributed by atoms with E-state index in [1.165, 1.54) is 18.2 Å². The normalized spacial score (nSPS) is 23.5. The number of rotatable bonds is 12. The van der Waals surface area contributed by atoms with Crippen LogP contribution in [-0.4, -0.2) is 95.1 Å². The van der Waals surface area contributed by atoms with Crippen LogP contribution in [0.3, 0.4) is 0 Å². The highest BCUT2D eigenvalue weighted by Gasteiger charge is 2.53. The number of benzene rings is 2. The molecular formula is C49H63F5N4O9. The van der Waals surface area contributed by atoms with Gasteiger partial charge in [0.2, 0.25) is 18.1 Å². The number of amides is 3. The maximum atomic E-state index is 14.5. The number of nitrogens with zero attached hydrogens (tertiary/aromatic N) is 3. The van der Waals surface area contributed by atoms with E-state index in [1.807, 2.05) is 30.6 Å². The molecule has 0 bridgehead atoms. The Morgan fingerprint density at radius 2 is 1.19 bits per heavy atom. The minimum absolute atomic E-state index is 0.0154. The van der Waals surface area contributed by atoms with Crippen LogP contribution in [0.1, 0.15) is 148 Å². The average molecular weight is 947 g/mol. The zero-order valence-electron chi connectivity index (χ0n) is 38.9. The van der Waals surface area contributed by atoms with Crippen molar-refractivity contribution >= 4 is 47.5 Å². The van der Waals surface area contributed by atoms with Crippen LogP contribution in [0.25, 0.3) is 0 Å². The molecule has 18 heteroatoms. The van der Waals surface area contributed by atoms with Crippen molar-refractivity contribution in [3.63, 3.8) is 0 Å². The van der Waals surface area contributed by atoms with Crippen LogP contribution in [0.5, 0.6) is 0 Å². The molecule has 13 nitrogen and oxygen atoms in total. The Balaban J connectivity index is 0.000000201. The van der Waals surface area contributed by atoms with E-state index in [2.05, 4.69) is 5.32 Å². The molecular weight excluding hydrogens is 884 g/mol. The molecule has 67 heavy (non-hydrogen) atoms. The Morgan fingerprint density at radius 3 is 1.70 bits per heavy atom. The molecule has 1 N–H and O–H groups in total. The van der Waals surface area contributed by atoms with Crippen molar-refractivity contribution < 1.29 is 64.9 Å². The van der Waals surface area contributed by atoms with Crippen LogP contribution < -0.4 is 10.2 Å². The van der Waals surface area contributed by atoms with Crippen LogP contribution in [0.2, 0.25) is 0 Å². The molecule has 3 amide bonds. The lowest BCUT2D eigenvalue weighted by Gasteiger charge is -2.47. The van der Waals surface area contributed by atoms with Crippen LogP contribution in [-0.2, 0) is 38.2 Å². The van der Waals surface area contributed by atoms with E-state index in [-0.39, 0.29) is 92.0 Å². The molecule has 4 fully saturated rings. The van der Waals surface area contributed by atoms with Crippen molar-refractivity contribution in [3.8, 4) is 0 Å². The lowest BCUT2D eigenvalue weighted by Crippen LogP contribution is -2.53. The largest absolute Gasteiger partial charge is 0.466 e. The molecule has 2 aromatic rings. The molecule has 4 aliphatic carbocycles. The average Bonchev–Trinajstić information content (AvgIpc) is 4.19. The lowest BCUT2D eigenvalue weighted by molar-refractivity contribution is -0.156. The van der Waals surface area contributed by atoms with Crippen molar-refractivity contribution in [3.05, 3.63) is 59.2 Å². The van der Waals surface area contributed by atoms with Gasteiger partial charge in [0.15, 0.2) is 0 Å². The second kappa shape index (κ2) is 21.8. The third-order valence-corrected chi connectivity index (χ3v) is 13.0. The smallest absolute Gasteiger partial charge is 0.446 e. The number of anilines is 2. The number of alkyl halides is 3. The number of halogens is 5. The Labute approximate surface area is 388 Å². The molecule has 6 aliphatic rings. The summed E-state index contributed by atoms with van der Waals surface area (Å²) >= 11 is 0. The highest BCUT2D eigenvalue weighted by atomic mass is 19.4. The highest BCUT2D eigenvalue weighted by molar-refractivity contribution is 5.91. The van der Waals surface area contributed by atoms with Gasteiger partial charge in [-0.3, -0.25) is 28.9 Å². The van der Waals surface area contributed by atoms with Crippen LogP contribution in [0.15, 0.2) is 36.4 Å². The Morgan fingerprint density at radius 1 is 0.701 bits per heavy atom. The fourth-order valence-electron chi connectivity index (χ4n) is 10.2. The summed E-state index contributed by atoms with van der Waals surface area (Å²) in [5.74, 6) is -1.26. The Hall–Kier alpha value is -5.29. The minimum Gasteiger partial charge on any atom is -0.466 e. The second-order valence-electron chi connectivity index (χ2n) is 19.0. The SMILES string of the molecule is CCOC(=O)CCC(=O)N(C1CC1)[C@H]1c2cc(F)ccc2N(C(=O)OC(C)(C)C)[C@H]2CCC[C@H]21.CCOC(=O)CCC(=O)N(C1CC1)[C@H]1c2cc(F)ccc2N[C@H]2CCC[C@H]21.O=CC(F)(F)F. The summed E-state index contributed by atoms with van der Waals surface area (Å²) < 4.78 is 75.5. The number of carbonyl (C=O) groups is 6. The molecule has 4 saturated carbocycles. The fraction of sp³-hybridized carbons (Fsp3) is 0.633. The predicted molar refractivity (Wildman–Crippen MR) is 236 cm³/mol. The summed E-state index contributed by atoms with van der Waals surface area (Å²) in [5, 5.41) is 3.56. The fourth-order valence-corrected chi connectivity index (χ4v) is 10.2. The summed E-state index contributed by atoms with van der Waals surface area (Å²) in [7, 11) is 0. The molecule has 6 atom stereocenters. The number of aldehydes is 1. The van der Waals surface area contributed by atoms with Gasteiger partial charge in [-0.05, 0) is 122 Å². The van der Waals surface area contributed by atoms with Crippen molar-refractivity contribution in [1.82, 2.24) is 9.80 Å². The third-order valence-electron chi connectivity index (χ3n) is 13.0. The monoisotopic (exact) mass is 946 g/mol. The maximum absolute atomic E-state index is 14.5. The van der Waals surface area contributed by atoms with E-state index in [0.29, 0.717) is 29.8 Å². The zero-order valence-corrected chi connectivity index (χ0v) is 38.9. The number of ether oxygens (including phenoxy) is 3. The van der Waals surface area contributed by atoms with E-state index in [1.54, 1.807) is 36.9 Å². The first-order valence-electron chi connectivity index (χ1n) is 23.6. The van der Waals surface area contributed by atoms with Crippen LogP contribution in [0.4, 0.5) is 38.1 Å². The second-order valence-corrected chi connectivity index (χ2v) is 19.0. The summed E-state index contributed by atoms with van der Waals surface area (Å²) in [5.41, 5.74) is 2.41. The van der Waals surface area contributed by atoms with E-state index in [4.69, 9.17) is 19.0 Å². The van der Waals surface area contributed by atoms with E-state index in [9.17, 15) is 45.9 Å². The standard InChI is InChI=1S/C26H35FN2O5.C21H27FN2O3.C2HF3O/c1-5-33-23(31)14-13-22(30)28(17-10-11-17)24-18-7-6-8-20(18)29(25(32)34-26(2,3)4)21-12-9-16(27)15-19(21)24;1-2-27-20(26)11-10-19(25)24(14-7-8-14)21-15-4-3-5-17(15)23-18-9-6-13(22)12-16(18)21;3-2(4,5)1-6/h9,12,15,17-18,20,24H,5-8,10-11,13-14H2,1-4H3;6,9,12,14-15,17,21,23H,2-5,7-8,10-11H2,1H3;1H/t18-,20+,24-;15-,17+,21-;/m11./s1. The first-order chi connectivity index (χ1) is 31.7. The quantitative estimate of drug-likeness (QED) is 0.0943. The first-order valence-corrected chi connectivity index (χ1v) is 23.6. The van der Waals surface area contributed by atoms with Crippen molar-refractivity contribution in [2.45, 2.75) is 173 Å². The summed E-state index contributed by atoms with van der Waals surface area (Å²) in [6.45, 7) is 9.57. The molecule has 0 aromatic heterocycles. The molecule has 0 saturated heterocycles.